The Morgan fingerprint density at radius 1 is 0.714 bits per heavy atom. The predicted octanol–water partition coefficient (Wildman–Crippen LogP) is 5.21. The van der Waals surface area contributed by atoms with Gasteiger partial charge in [-0.2, -0.15) is 0 Å². The molecule has 1 nitrogen and oxygen atoms in total. The Hall–Kier alpha value is -2.54. The lowest BCUT2D eigenvalue weighted by Gasteiger charge is -2.14. The maximum absolute atomic E-state index is 10.0. The van der Waals surface area contributed by atoms with E-state index in [4.69, 9.17) is 0 Å². The van der Waals surface area contributed by atoms with Crippen molar-refractivity contribution < 1.29 is 5.11 Å². The molecule has 104 valence electrons. The summed E-state index contributed by atoms with van der Waals surface area (Å²) in [4.78, 5) is 0. The molecule has 3 aromatic carbocycles. The fourth-order valence-electron chi connectivity index (χ4n) is 2.63. The minimum absolute atomic E-state index is 0.321. The van der Waals surface area contributed by atoms with Crippen LogP contribution in [0.2, 0.25) is 0 Å². The highest BCUT2D eigenvalue weighted by molar-refractivity contribution is 5.70. The van der Waals surface area contributed by atoms with E-state index < -0.39 is 0 Å². The average molecular weight is 274 g/mol. The number of hydrogen-bond acceptors (Lipinski definition) is 1. The number of phenols is 1. The predicted molar refractivity (Wildman–Crippen MR) is 87.5 cm³/mol. The molecule has 0 radical (unpaired) electrons. The normalized spacial score (nSPS) is 12.0. The molecule has 0 saturated carbocycles. The zero-order chi connectivity index (χ0) is 14.7. The summed E-state index contributed by atoms with van der Waals surface area (Å²) in [5.41, 5.74) is 4.47. The van der Waals surface area contributed by atoms with E-state index in [1.165, 1.54) is 11.1 Å². The van der Waals surface area contributed by atoms with Crippen molar-refractivity contribution in [1.82, 2.24) is 0 Å². The molecule has 1 N–H and O–H groups in total. The maximum atomic E-state index is 10.0. The molecule has 0 aliphatic carbocycles. The summed E-state index contributed by atoms with van der Waals surface area (Å²) in [6.07, 6.45) is 0. The molecule has 0 bridgehead atoms. The van der Waals surface area contributed by atoms with Crippen molar-refractivity contribution in [2.24, 2.45) is 0 Å². The van der Waals surface area contributed by atoms with Crippen molar-refractivity contribution in [2.75, 3.05) is 0 Å². The van der Waals surface area contributed by atoms with Gasteiger partial charge in [-0.1, -0.05) is 79.7 Å². The SMILES string of the molecule is CC(c1ccccc1)c1cccc(-c2ccccc2O)c1. The summed E-state index contributed by atoms with van der Waals surface area (Å²) >= 11 is 0. The number of benzene rings is 3. The fourth-order valence-corrected chi connectivity index (χ4v) is 2.63. The van der Waals surface area contributed by atoms with E-state index in [1.54, 1.807) is 6.07 Å². The van der Waals surface area contributed by atoms with Gasteiger partial charge in [0, 0.05) is 11.5 Å². The monoisotopic (exact) mass is 274 g/mol. The molecule has 0 heterocycles. The van der Waals surface area contributed by atoms with Crippen LogP contribution < -0.4 is 0 Å². The highest BCUT2D eigenvalue weighted by Crippen LogP contribution is 2.32. The first-order valence-electron chi connectivity index (χ1n) is 7.19. The Bertz CT molecular complexity index is 732. The van der Waals surface area contributed by atoms with Crippen LogP contribution in [0.5, 0.6) is 5.75 Å². The summed E-state index contributed by atoms with van der Waals surface area (Å²) < 4.78 is 0. The minimum atomic E-state index is 0.321. The number of aromatic hydroxyl groups is 1. The minimum Gasteiger partial charge on any atom is -0.507 e. The number of para-hydroxylation sites is 1. The first-order chi connectivity index (χ1) is 10.3. The van der Waals surface area contributed by atoms with Crippen LogP contribution >= 0.6 is 0 Å². The quantitative estimate of drug-likeness (QED) is 0.695. The van der Waals surface area contributed by atoms with Crippen LogP contribution in [0.1, 0.15) is 24.0 Å². The van der Waals surface area contributed by atoms with Gasteiger partial charge < -0.3 is 5.11 Å². The third-order valence-electron chi connectivity index (χ3n) is 3.90. The lowest BCUT2D eigenvalue weighted by atomic mass is 9.91. The largest absolute Gasteiger partial charge is 0.507 e. The van der Waals surface area contributed by atoms with Gasteiger partial charge in [-0.3, -0.25) is 0 Å². The molecule has 21 heavy (non-hydrogen) atoms. The molecule has 1 unspecified atom stereocenters. The van der Waals surface area contributed by atoms with Gasteiger partial charge >= 0.3 is 0 Å². The van der Waals surface area contributed by atoms with Crippen LogP contribution in [0, 0.1) is 0 Å². The van der Waals surface area contributed by atoms with Crippen molar-refractivity contribution in [2.45, 2.75) is 12.8 Å². The van der Waals surface area contributed by atoms with Gasteiger partial charge in [0.25, 0.3) is 0 Å². The van der Waals surface area contributed by atoms with E-state index >= 15 is 0 Å². The molecule has 0 aromatic heterocycles. The summed E-state index contributed by atoms with van der Waals surface area (Å²) in [6.45, 7) is 2.21. The molecule has 0 saturated heterocycles. The summed E-state index contributed by atoms with van der Waals surface area (Å²) in [5.74, 6) is 0.652. The Kier molecular flexibility index (Phi) is 3.74. The standard InChI is InChI=1S/C20H18O/c1-15(16-8-3-2-4-9-16)17-10-7-11-18(14-17)19-12-5-6-13-20(19)21/h2-15,21H,1H3. The summed E-state index contributed by atoms with van der Waals surface area (Å²) in [5, 5.41) is 10.0. The highest BCUT2D eigenvalue weighted by atomic mass is 16.3. The zero-order valence-corrected chi connectivity index (χ0v) is 12.0. The second-order valence-electron chi connectivity index (χ2n) is 5.27. The third-order valence-corrected chi connectivity index (χ3v) is 3.90. The molecule has 0 spiro atoms. The summed E-state index contributed by atoms with van der Waals surface area (Å²) in [6, 6.07) is 26.3. The number of phenolic OH excluding ortho intramolecular Hbond substituents is 1. The van der Waals surface area contributed by atoms with E-state index in [-0.39, 0.29) is 0 Å². The van der Waals surface area contributed by atoms with Gasteiger partial charge in [0.1, 0.15) is 5.75 Å². The second-order valence-corrected chi connectivity index (χ2v) is 5.27. The molecule has 1 atom stereocenters. The Labute approximate surface area is 125 Å². The van der Waals surface area contributed by atoms with Crippen molar-refractivity contribution in [3.63, 3.8) is 0 Å². The lowest BCUT2D eigenvalue weighted by molar-refractivity contribution is 0.477. The maximum Gasteiger partial charge on any atom is 0.123 e. The molecular weight excluding hydrogens is 256 g/mol. The van der Waals surface area contributed by atoms with Gasteiger partial charge in [0.2, 0.25) is 0 Å². The molecule has 0 aliphatic heterocycles. The molecule has 3 rings (SSSR count). The van der Waals surface area contributed by atoms with E-state index in [0.717, 1.165) is 11.1 Å². The first-order valence-corrected chi connectivity index (χ1v) is 7.19. The molecule has 0 aliphatic rings. The Morgan fingerprint density at radius 3 is 2.14 bits per heavy atom. The van der Waals surface area contributed by atoms with E-state index in [0.29, 0.717) is 11.7 Å². The van der Waals surface area contributed by atoms with Crippen molar-refractivity contribution in [3.05, 3.63) is 90.0 Å². The molecule has 3 aromatic rings. The van der Waals surface area contributed by atoms with Crippen LogP contribution in [0.3, 0.4) is 0 Å². The third kappa shape index (κ3) is 2.82. The van der Waals surface area contributed by atoms with Gasteiger partial charge in [-0.15, -0.1) is 0 Å². The van der Waals surface area contributed by atoms with Crippen LogP contribution in [-0.4, -0.2) is 5.11 Å². The van der Waals surface area contributed by atoms with Gasteiger partial charge in [0.05, 0.1) is 0 Å². The van der Waals surface area contributed by atoms with Crippen LogP contribution in [-0.2, 0) is 0 Å². The number of rotatable bonds is 3. The van der Waals surface area contributed by atoms with E-state index in [1.807, 2.05) is 30.3 Å². The van der Waals surface area contributed by atoms with Crippen molar-refractivity contribution in [1.29, 1.82) is 0 Å². The van der Waals surface area contributed by atoms with Crippen LogP contribution in [0.15, 0.2) is 78.9 Å². The van der Waals surface area contributed by atoms with Crippen molar-refractivity contribution >= 4 is 0 Å². The van der Waals surface area contributed by atoms with Gasteiger partial charge in [-0.05, 0) is 22.8 Å². The smallest absolute Gasteiger partial charge is 0.123 e. The summed E-state index contributed by atoms with van der Waals surface area (Å²) in [7, 11) is 0. The van der Waals surface area contributed by atoms with Gasteiger partial charge in [0.15, 0.2) is 0 Å². The van der Waals surface area contributed by atoms with Crippen LogP contribution in [0.4, 0.5) is 0 Å². The second kappa shape index (κ2) is 5.84. The first kappa shape index (κ1) is 13.4. The van der Waals surface area contributed by atoms with Crippen LogP contribution in [0.25, 0.3) is 11.1 Å². The topological polar surface area (TPSA) is 20.2 Å². The fraction of sp³-hybridized carbons (Fsp3) is 0.100. The number of hydrogen-bond donors (Lipinski definition) is 1. The lowest BCUT2D eigenvalue weighted by Crippen LogP contribution is -1.95. The van der Waals surface area contributed by atoms with E-state index in [2.05, 4.69) is 49.4 Å². The Morgan fingerprint density at radius 2 is 1.38 bits per heavy atom. The van der Waals surface area contributed by atoms with Crippen molar-refractivity contribution in [3.8, 4) is 16.9 Å². The molecule has 1 heteroatoms. The van der Waals surface area contributed by atoms with E-state index in [9.17, 15) is 5.11 Å². The highest BCUT2D eigenvalue weighted by Gasteiger charge is 2.10. The molecule has 0 fully saturated rings. The molecular formula is C20H18O. The van der Waals surface area contributed by atoms with Gasteiger partial charge in [-0.25, -0.2) is 0 Å². The average Bonchev–Trinajstić information content (AvgIpc) is 2.55. The molecule has 0 amide bonds. The Balaban J connectivity index is 1.99. The zero-order valence-electron chi connectivity index (χ0n) is 12.0.